The van der Waals surface area contributed by atoms with E-state index in [0.717, 1.165) is 18.4 Å². The molecule has 0 saturated carbocycles. The zero-order chi connectivity index (χ0) is 19.4. The molecule has 2 aromatic carbocycles. The van der Waals surface area contributed by atoms with Crippen LogP contribution in [0.2, 0.25) is 5.02 Å². The van der Waals surface area contributed by atoms with Crippen molar-refractivity contribution in [2.24, 2.45) is 5.92 Å². The van der Waals surface area contributed by atoms with Crippen molar-refractivity contribution in [3.8, 4) is 0 Å². The molecular weight excluding hydrogens is 384 g/mol. The molecule has 27 heavy (non-hydrogen) atoms. The van der Waals surface area contributed by atoms with E-state index in [4.69, 9.17) is 11.6 Å². The monoisotopic (exact) mass is 406 g/mol. The third-order valence-electron chi connectivity index (χ3n) is 4.83. The van der Waals surface area contributed by atoms with Gasteiger partial charge in [-0.15, -0.1) is 0 Å². The Hall–Kier alpha value is -1.89. The van der Waals surface area contributed by atoms with Crippen molar-refractivity contribution in [3.63, 3.8) is 0 Å². The largest absolute Gasteiger partial charge is 0.326 e. The normalized spacial score (nSPS) is 16.2. The highest BCUT2D eigenvalue weighted by Gasteiger charge is 2.27. The molecule has 1 saturated heterocycles. The number of anilines is 1. The van der Waals surface area contributed by atoms with E-state index in [1.54, 1.807) is 36.4 Å². The number of nitrogens with zero attached hydrogens (tertiary/aromatic N) is 1. The highest BCUT2D eigenvalue weighted by atomic mass is 35.5. The Labute approximate surface area is 165 Å². The van der Waals surface area contributed by atoms with Gasteiger partial charge in [0.25, 0.3) is 0 Å². The van der Waals surface area contributed by atoms with E-state index in [1.165, 1.54) is 4.31 Å². The number of rotatable bonds is 5. The topological polar surface area (TPSA) is 66.5 Å². The fourth-order valence-corrected chi connectivity index (χ4v) is 4.78. The van der Waals surface area contributed by atoms with Crippen molar-refractivity contribution < 1.29 is 13.2 Å². The van der Waals surface area contributed by atoms with E-state index in [1.807, 2.05) is 12.1 Å². The van der Waals surface area contributed by atoms with Crippen molar-refractivity contribution in [3.05, 3.63) is 59.1 Å². The van der Waals surface area contributed by atoms with Gasteiger partial charge >= 0.3 is 0 Å². The third-order valence-corrected chi connectivity index (χ3v) is 7.11. The van der Waals surface area contributed by atoms with Crippen molar-refractivity contribution in [2.45, 2.75) is 31.1 Å². The van der Waals surface area contributed by atoms with Gasteiger partial charge in [-0.3, -0.25) is 4.79 Å². The number of benzene rings is 2. The number of carbonyl (C=O) groups is 1. The zero-order valence-corrected chi connectivity index (χ0v) is 16.8. The summed E-state index contributed by atoms with van der Waals surface area (Å²) in [7, 11) is -3.48. The first-order valence-corrected chi connectivity index (χ1v) is 10.8. The van der Waals surface area contributed by atoms with Crippen LogP contribution in [0.1, 0.15) is 25.3 Å². The molecule has 0 aromatic heterocycles. The molecule has 1 fully saturated rings. The predicted molar refractivity (Wildman–Crippen MR) is 107 cm³/mol. The number of amides is 1. The van der Waals surface area contributed by atoms with Crippen molar-refractivity contribution in [1.82, 2.24) is 4.31 Å². The van der Waals surface area contributed by atoms with Crippen LogP contribution in [0, 0.1) is 5.92 Å². The van der Waals surface area contributed by atoms with Gasteiger partial charge in [-0.1, -0.05) is 36.7 Å². The predicted octanol–water partition coefficient (Wildman–Crippen LogP) is 3.94. The molecule has 0 aliphatic carbocycles. The molecule has 5 nitrogen and oxygen atoms in total. The van der Waals surface area contributed by atoms with Gasteiger partial charge in [0.05, 0.1) is 11.3 Å². The van der Waals surface area contributed by atoms with Crippen LogP contribution in [-0.4, -0.2) is 31.7 Å². The summed E-state index contributed by atoms with van der Waals surface area (Å²) in [5.41, 5.74) is 1.30. The molecule has 144 valence electrons. The lowest BCUT2D eigenvalue weighted by Gasteiger charge is -2.29. The third kappa shape index (κ3) is 4.89. The number of hydrogen-bond acceptors (Lipinski definition) is 3. The Morgan fingerprint density at radius 2 is 1.74 bits per heavy atom. The Bertz CT molecular complexity index is 905. The summed E-state index contributed by atoms with van der Waals surface area (Å²) in [6.45, 7) is 3.25. The van der Waals surface area contributed by atoms with Gasteiger partial charge in [0, 0.05) is 23.8 Å². The summed E-state index contributed by atoms with van der Waals surface area (Å²) in [4.78, 5) is 12.4. The minimum atomic E-state index is -3.48. The van der Waals surface area contributed by atoms with Gasteiger partial charge in [-0.05, 0) is 54.7 Å². The standard InChI is InChI=1S/C20H23ClN2O3S/c1-15-10-12-23(13-11-15)27(25,26)18-8-6-17(7-9-18)22-20(24)14-16-4-2-3-5-19(16)21/h2-9,15H,10-14H2,1H3,(H,22,24). The molecule has 1 aliphatic rings. The second-order valence-corrected chi connectivity index (χ2v) is 9.27. The fraction of sp³-hybridized carbons (Fsp3) is 0.350. The first-order valence-electron chi connectivity index (χ1n) is 9.00. The number of hydrogen-bond donors (Lipinski definition) is 1. The van der Waals surface area contributed by atoms with Crippen LogP contribution in [0.25, 0.3) is 0 Å². The van der Waals surface area contributed by atoms with Crippen LogP contribution in [-0.2, 0) is 21.2 Å². The van der Waals surface area contributed by atoms with E-state index < -0.39 is 10.0 Å². The van der Waals surface area contributed by atoms with Gasteiger partial charge in [0.15, 0.2) is 0 Å². The van der Waals surface area contributed by atoms with E-state index >= 15 is 0 Å². The van der Waals surface area contributed by atoms with Crippen LogP contribution in [0.4, 0.5) is 5.69 Å². The molecule has 7 heteroatoms. The van der Waals surface area contributed by atoms with Crippen LogP contribution >= 0.6 is 11.6 Å². The lowest BCUT2D eigenvalue weighted by Crippen LogP contribution is -2.37. The highest BCUT2D eigenvalue weighted by Crippen LogP contribution is 2.24. The first kappa shape index (κ1) is 19.9. The smallest absolute Gasteiger partial charge is 0.243 e. The molecule has 2 aromatic rings. The van der Waals surface area contributed by atoms with Gasteiger partial charge in [0.2, 0.25) is 15.9 Å². The summed E-state index contributed by atoms with van der Waals surface area (Å²) in [6.07, 6.45) is 1.93. The number of piperidine rings is 1. The van der Waals surface area contributed by atoms with E-state index in [9.17, 15) is 13.2 Å². The van der Waals surface area contributed by atoms with Crippen LogP contribution in [0.15, 0.2) is 53.4 Å². The number of nitrogens with one attached hydrogen (secondary N) is 1. The molecule has 1 N–H and O–H groups in total. The van der Waals surface area contributed by atoms with Crippen molar-refractivity contribution in [1.29, 1.82) is 0 Å². The average molecular weight is 407 g/mol. The molecule has 0 bridgehead atoms. The molecule has 0 unspecified atom stereocenters. The first-order chi connectivity index (χ1) is 12.9. The Kier molecular flexibility index (Phi) is 6.19. The van der Waals surface area contributed by atoms with Gasteiger partial charge in [0.1, 0.15) is 0 Å². The Morgan fingerprint density at radius 3 is 2.37 bits per heavy atom. The van der Waals surface area contributed by atoms with Crippen LogP contribution in [0.3, 0.4) is 0 Å². The van der Waals surface area contributed by atoms with E-state index in [0.29, 0.717) is 29.7 Å². The van der Waals surface area contributed by atoms with Crippen LogP contribution < -0.4 is 5.32 Å². The Morgan fingerprint density at radius 1 is 1.11 bits per heavy atom. The highest BCUT2D eigenvalue weighted by molar-refractivity contribution is 7.89. The zero-order valence-electron chi connectivity index (χ0n) is 15.2. The SMILES string of the molecule is CC1CCN(S(=O)(=O)c2ccc(NC(=O)Cc3ccccc3Cl)cc2)CC1. The quantitative estimate of drug-likeness (QED) is 0.817. The molecule has 0 radical (unpaired) electrons. The lowest BCUT2D eigenvalue weighted by molar-refractivity contribution is -0.115. The maximum Gasteiger partial charge on any atom is 0.243 e. The molecule has 1 aliphatic heterocycles. The minimum absolute atomic E-state index is 0.158. The van der Waals surface area contributed by atoms with Gasteiger partial charge < -0.3 is 5.32 Å². The maximum absolute atomic E-state index is 12.7. The molecular formula is C20H23ClN2O3S. The Balaban J connectivity index is 1.65. The summed E-state index contributed by atoms with van der Waals surface area (Å²) >= 11 is 6.07. The minimum Gasteiger partial charge on any atom is -0.326 e. The van der Waals surface area contributed by atoms with Crippen LogP contribution in [0.5, 0.6) is 0 Å². The number of sulfonamides is 1. The molecule has 1 amide bonds. The molecule has 0 spiro atoms. The van der Waals surface area contributed by atoms with E-state index in [2.05, 4.69) is 12.2 Å². The average Bonchev–Trinajstić information content (AvgIpc) is 2.64. The number of carbonyl (C=O) groups excluding carboxylic acids is 1. The summed E-state index contributed by atoms with van der Waals surface area (Å²) in [6, 6.07) is 13.5. The lowest BCUT2D eigenvalue weighted by atomic mass is 10.0. The summed E-state index contributed by atoms with van der Waals surface area (Å²) in [5, 5.41) is 3.32. The van der Waals surface area contributed by atoms with Gasteiger partial charge in [-0.25, -0.2) is 8.42 Å². The fourth-order valence-electron chi connectivity index (χ4n) is 3.10. The van der Waals surface area contributed by atoms with Gasteiger partial charge in [-0.2, -0.15) is 4.31 Å². The molecule has 0 atom stereocenters. The maximum atomic E-state index is 12.7. The second kappa shape index (κ2) is 8.42. The molecule has 1 heterocycles. The summed E-state index contributed by atoms with van der Waals surface area (Å²) in [5.74, 6) is 0.357. The van der Waals surface area contributed by atoms with Crippen molar-refractivity contribution in [2.75, 3.05) is 18.4 Å². The summed E-state index contributed by atoms with van der Waals surface area (Å²) < 4.78 is 27.0. The van der Waals surface area contributed by atoms with E-state index in [-0.39, 0.29) is 17.2 Å². The number of halogens is 1. The molecule has 3 rings (SSSR count). The van der Waals surface area contributed by atoms with Crippen molar-refractivity contribution >= 4 is 33.2 Å². The second-order valence-electron chi connectivity index (χ2n) is 6.93.